The maximum absolute atomic E-state index is 13.7. The number of pyridine rings is 1. The lowest BCUT2D eigenvalue weighted by Gasteiger charge is -2.08. The number of rotatable bonds is 3. The van der Waals surface area contributed by atoms with Crippen LogP contribution in [-0.4, -0.2) is 18.0 Å². The molecule has 0 atom stereocenters. The van der Waals surface area contributed by atoms with Gasteiger partial charge < -0.3 is 10.1 Å². The normalized spacial score (nSPS) is 10.6. The maximum atomic E-state index is 13.7. The zero-order chi connectivity index (χ0) is 16.4. The molecule has 116 valence electrons. The Balaban J connectivity index is 1.90. The van der Waals surface area contributed by atoms with Gasteiger partial charge in [0.1, 0.15) is 17.3 Å². The topological polar surface area (TPSA) is 51.2 Å². The second kappa shape index (κ2) is 6.22. The Labute approximate surface area is 136 Å². The highest BCUT2D eigenvalue weighted by molar-refractivity contribution is 6.31. The molecule has 0 radical (unpaired) electrons. The molecule has 1 aromatic heterocycles. The fraction of sp³-hybridized carbons (Fsp3) is 0.0588. The number of anilines is 1. The van der Waals surface area contributed by atoms with Crippen molar-refractivity contribution in [1.29, 1.82) is 0 Å². The predicted octanol–water partition coefficient (Wildman–Crippen LogP) is 4.29. The Bertz CT molecular complexity index is 899. The van der Waals surface area contributed by atoms with E-state index in [0.717, 1.165) is 5.39 Å². The summed E-state index contributed by atoms with van der Waals surface area (Å²) in [5.74, 6) is -0.366. The Morgan fingerprint density at radius 2 is 2.00 bits per heavy atom. The maximum Gasteiger partial charge on any atom is 0.274 e. The molecule has 1 heterocycles. The van der Waals surface area contributed by atoms with Crippen molar-refractivity contribution in [3.8, 4) is 5.75 Å². The molecular weight excluding hydrogens is 319 g/mol. The Morgan fingerprint density at radius 1 is 1.17 bits per heavy atom. The van der Waals surface area contributed by atoms with E-state index < -0.39 is 11.7 Å². The van der Waals surface area contributed by atoms with Gasteiger partial charge in [0.2, 0.25) is 0 Å². The van der Waals surface area contributed by atoms with E-state index in [1.807, 2.05) is 6.07 Å². The van der Waals surface area contributed by atoms with E-state index in [1.54, 1.807) is 31.4 Å². The van der Waals surface area contributed by atoms with Crippen LogP contribution >= 0.6 is 11.6 Å². The molecule has 0 saturated carbocycles. The van der Waals surface area contributed by atoms with Crippen molar-refractivity contribution in [2.75, 3.05) is 12.4 Å². The molecular formula is C17H12ClFN2O2. The molecule has 3 aromatic rings. The average Bonchev–Trinajstić information content (AvgIpc) is 2.57. The van der Waals surface area contributed by atoms with Crippen LogP contribution in [0.15, 0.2) is 48.5 Å². The molecule has 0 aliphatic rings. The number of fused-ring (bicyclic) bond motifs is 1. The second-order valence-electron chi connectivity index (χ2n) is 4.83. The lowest BCUT2D eigenvalue weighted by atomic mass is 10.2. The number of aromatic nitrogens is 1. The fourth-order valence-corrected chi connectivity index (χ4v) is 2.31. The Morgan fingerprint density at radius 3 is 2.78 bits per heavy atom. The minimum Gasteiger partial charge on any atom is -0.497 e. The minimum absolute atomic E-state index is 0.0131. The largest absolute Gasteiger partial charge is 0.497 e. The summed E-state index contributed by atoms with van der Waals surface area (Å²) in [6.45, 7) is 0. The van der Waals surface area contributed by atoms with Crippen LogP contribution in [0.5, 0.6) is 5.75 Å². The first kappa shape index (κ1) is 15.2. The number of carbonyl (C=O) groups is 1. The number of carbonyl (C=O) groups excluding carboxylic acids is 1. The second-order valence-corrected chi connectivity index (χ2v) is 5.27. The van der Waals surface area contributed by atoms with Crippen molar-refractivity contribution < 1.29 is 13.9 Å². The summed E-state index contributed by atoms with van der Waals surface area (Å²) < 4.78 is 18.8. The third-order valence-corrected chi connectivity index (χ3v) is 3.54. The molecule has 6 heteroatoms. The standard InChI is InChI=1S/C17H12ClFN2O2/c1-23-12-4-7-14-10(8-12)2-6-15(20-14)17(22)21-16-9-11(18)3-5-13(16)19/h2-9H,1H3,(H,21,22). The molecule has 0 bridgehead atoms. The molecule has 3 rings (SSSR count). The highest BCUT2D eigenvalue weighted by Gasteiger charge is 2.12. The van der Waals surface area contributed by atoms with Crippen molar-refractivity contribution in [1.82, 2.24) is 4.98 Å². The van der Waals surface area contributed by atoms with Gasteiger partial charge >= 0.3 is 0 Å². The zero-order valence-corrected chi connectivity index (χ0v) is 12.9. The molecule has 23 heavy (non-hydrogen) atoms. The lowest BCUT2D eigenvalue weighted by molar-refractivity contribution is 0.102. The summed E-state index contributed by atoms with van der Waals surface area (Å²) in [4.78, 5) is 16.5. The minimum atomic E-state index is -0.562. The molecule has 0 spiro atoms. The van der Waals surface area contributed by atoms with E-state index in [2.05, 4.69) is 10.3 Å². The van der Waals surface area contributed by atoms with Gasteiger partial charge in [-0.1, -0.05) is 17.7 Å². The van der Waals surface area contributed by atoms with E-state index in [-0.39, 0.29) is 11.4 Å². The van der Waals surface area contributed by atoms with Crippen molar-refractivity contribution in [3.05, 3.63) is 65.1 Å². The van der Waals surface area contributed by atoms with E-state index in [4.69, 9.17) is 16.3 Å². The van der Waals surface area contributed by atoms with Crippen LogP contribution in [0.2, 0.25) is 5.02 Å². The van der Waals surface area contributed by atoms with Gasteiger partial charge in [0.15, 0.2) is 0 Å². The van der Waals surface area contributed by atoms with E-state index >= 15 is 0 Å². The van der Waals surface area contributed by atoms with E-state index in [1.165, 1.54) is 18.2 Å². The van der Waals surface area contributed by atoms with E-state index in [0.29, 0.717) is 16.3 Å². The summed E-state index contributed by atoms with van der Waals surface area (Å²) in [6.07, 6.45) is 0. The number of methoxy groups -OCH3 is 1. The number of hydrogen-bond acceptors (Lipinski definition) is 3. The number of nitrogens with one attached hydrogen (secondary N) is 1. The molecule has 0 aliphatic carbocycles. The first-order valence-corrected chi connectivity index (χ1v) is 7.16. The van der Waals surface area contributed by atoms with E-state index in [9.17, 15) is 9.18 Å². The Kier molecular flexibility index (Phi) is 4.12. The number of amides is 1. The highest BCUT2D eigenvalue weighted by atomic mass is 35.5. The molecule has 2 aromatic carbocycles. The van der Waals surface area contributed by atoms with Crippen LogP contribution in [-0.2, 0) is 0 Å². The fourth-order valence-electron chi connectivity index (χ4n) is 2.14. The summed E-state index contributed by atoms with van der Waals surface area (Å²) >= 11 is 5.81. The summed E-state index contributed by atoms with van der Waals surface area (Å²) in [5.41, 5.74) is 0.839. The molecule has 1 amide bonds. The number of halogens is 2. The van der Waals surface area contributed by atoms with Crippen molar-refractivity contribution in [3.63, 3.8) is 0 Å². The van der Waals surface area contributed by atoms with Gasteiger partial charge in [0.25, 0.3) is 5.91 Å². The summed E-state index contributed by atoms with van der Waals surface area (Å²) in [5, 5.41) is 3.65. The predicted molar refractivity (Wildman–Crippen MR) is 87.7 cm³/mol. The number of nitrogens with zero attached hydrogens (tertiary/aromatic N) is 1. The quantitative estimate of drug-likeness (QED) is 0.779. The number of hydrogen-bond donors (Lipinski definition) is 1. The van der Waals surface area contributed by atoms with Crippen molar-refractivity contribution in [2.45, 2.75) is 0 Å². The summed E-state index contributed by atoms with van der Waals surface area (Å²) in [7, 11) is 1.58. The molecule has 0 fully saturated rings. The van der Waals surface area contributed by atoms with Gasteiger partial charge in [-0.05, 0) is 42.5 Å². The third kappa shape index (κ3) is 3.24. The van der Waals surface area contributed by atoms with Crippen LogP contribution in [0.3, 0.4) is 0 Å². The number of ether oxygens (including phenoxy) is 1. The summed E-state index contributed by atoms with van der Waals surface area (Å²) in [6, 6.07) is 12.6. The SMILES string of the molecule is COc1ccc2nc(C(=O)Nc3cc(Cl)ccc3F)ccc2c1. The monoisotopic (exact) mass is 330 g/mol. The van der Waals surface area contributed by atoms with Gasteiger partial charge in [-0.3, -0.25) is 4.79 Å². The third-order valence-electron chi connectivity index (χ3n) is 3.31. The number of benzene rings is 2. The van der Waals surface area contributed by atoms with Crippen LogP contribution in [0.1, 0.15) is 10.5 Å². The van der Waals surface area contributed by atoms with Gasteiger partial charge in [-0.2, -0.15) is 0 Å². The molecule has 0 unspecified atom stereocenters. The van der Waals surface area contributed by atoms with Crippen molar-refractivity contribution in [2.24, 2.45) is 0 Å². The van der Waals surface area contributed by atoms with Crippen LogP contribution in [0, 0.1) is 5.82 Å². The molecule has 1 N–H and O–H groups in total. The van der Waals surface area contributed by atoms with Crippen LogP contribution in [0.4, 0.5) is 10.1 Å². The van der Waals surface area contributed by atoms with Crippen LogP contribution in [0.25, 0.3) is 10.9 Å². The average molecular weight is 331 g/mol. The van der Waals surface area contributed by atoms with Gasteiger partial charge in [-0.25, -0.2) is 9.37 Å². The Hall–Kier alpha value is -2.66. The molecule has 4 nitrogen and oxygen atoms in total. The smallest absolute Gasteiger partial charge is 0.274 e. The molecule has 0 aliphatic heterocycles. The van der Waals surface area contributed by atoms with Gasteiger partial charge in [0, 0.05) is 10.4 Å². The van der Waals surface area contributed by atoms with Gasteiger partial charge in [-0.15, -0.1) is 0 Å². The highest BCUT2D eigenvalue weighted by Crippen LogP contribution is 2.22. The van der Waals surface area contributed by atoms with Crippen molar-refractivity contribution >= 4 is 34.1 Å². The first-order chi connectivity index (χ1) is 11.1. The molecule has 0 saturated heterocycles. The zero-order valence-electron chi connectivity index (χ0n) is 12.1. The van der Waals surface area contributed by atoms with Crippen LogP contribution < -0.4 is 10.1 Å². The van der Waals surface area contributed by atoms with Gasteiger partial charge in [0.05, 0.1) is 18.3 Å². The first-order valence-electron chi connectivity index (χ1n) is 6.78. The lowest BCUT2D eigenvalue weighted by Crippen LogP contribution is -2.14.